The van der Waals surface area contributed by atoms with Crippen LogP contribution in [0.4, 0.5) is 0 Å². The van der Waals surface area contributed by atoms with E-state index in [1.807, 2.05) is 12.3 Å². The Labute approximate surface area is 132 Å². The Bertz CT molecular complexity index is 642. The quantitative estimate of drug-likeness (QED) is 0.865. The van der Waals surface area contributed by atoms with Gasteiger partial charge in [-0.1, -0.05) is 19.8 Å². The van der Waals surface area contributed by atoms with E-state index < -0.39 is 0 Å². The van der Waals surface area contributed by atoms with E-state index in [2.05, 4.69) is 27.4 Å². The molecule has 118 valence electrons. The normalized spacial score (nSPS) is 23.8. The van der Waals surface area contributed by atoms with Gasteiger partial charge in [-0.2, -0.15) is 0 Å². The molecule has 2 aromatic rings. The molecule has 1 atom stereocenters. The monoisotopic (exact) mass is 298 g/mol. The van der Waals surface area contributed by atoms with Crippen LogP contribution in [-0.2, 0) is 6.42 Å². The minimum atomic E-state index is 0.617. The van der Waals surface area contributed by atoms with E-state index in [0.717, 1.165) is 24.1 Å². The molecule has 2 aliphatic rings. The maximum absolute atomic E-state index is 4.96. The average Bonchev–Trinajstić information content (AvgIpc) is 3.25. The number of hydrogen-bond donors (Lipinski definition) is 0. The van der Waals surface area contributed by atoms with E-state index >= 15 is 0 Å². The van der Waals surface area contributed by atoms with Gasteiger partial charge >= 0.3 is 0 Å². The van der Waals surface area contributed by atoms with Crippen LogP contribution in [0, 0.1) is 0 Å². The lowest BCUT2D eigenvalue weighted by Crippen LogP contribution is -2.32. The highest BCUT2D eigenvalue weighted by Crippen LogP contribution is 2.34. The molecule has 1 saturated heterocycles. The number of imidazole rings is 1. The van der Waals surface area contributed by atoms with Crippen molar-refractivity contribution in [1.29, 1.82) is 0 Å². The van der Waals surface area contributed by atoms with E-state index in [0.29, 0.717) is 12.1 Å². The highest BCUT2D eigenvalue weighted by atomic mass is 15.2. The zero-order valence-corrected chi connectivity index (χ0v) is 13.5. The lowest BCUT2D eigenvalue weighted by molar-refractivity contribution is 0.260. The largest absolute Gasteiger partial charge is 0.310 e. The Hall–Kier alpha value is -1.42. The Kier molecular flexibility index (Phi) is 3.87. The number of likely N-dealkylation sites (tertiary alicyclic amines) is 1. The second-order valence-electron chi connectivity index (χ2n) is 6.81. The molecule has 0 N–H and O–H groups in total. The van der Waals surface area contributed by atoms with Crippen LogP contribution in [0.2, 0.25) is 0 Å². The van der Waals surface area contributed by atoms with Gasteiger partial charge in [0.05, 0.1) is 0 Å². The van der Waals surface area contributed by atoms with Crippen LogP contribution >= 0.6 is 0 Å². The highest BCUT2D eigenvalue weighted by molar-refractivity contribution is 5.71. The van der Waals surface area contributed by atoms with Crippen LogP contribution in [0.1, 0.15) is 57.3 Å². The highest BCUT2D eigenvalue weighted by Gasteiger charge is 2.28. The average molecular weight is 298 g/mol. The van der Waals surface area contributed by atoms with E-state index in [9.17, 15) is 0 Å². The number of nitrogens with zero attached hydrogens (tertiary/aromatic N) is 4. The van der Waals surface area contributed by atoms with Gasteiger partial charge < -0.3 is 9.47 Å². The summed E-state index contributed by atoms with van der Waals surface area (Å²) in [5, 5.41) is 0. The van der Waals surface area contributed by atoms with Gasteiger partial charge in [-0.05, 0) is 50.9 Å². The van der Waals surface area contributed by atoms with Crippen LogP contribution in [-0.4, -0.2) is 38.6 Å². The molecule has 0 radical (unpaired) electrons. The van der Waals surface area contributed by atoms with Crippen molar-refractivity contribution in [3.8, 4) is 0 Å². The molecule has 0 aromatic carbocycles. The van der Waals surface area contributed by atoms with Crippen LogP contribution in [0.15, 0.2) is 18.3 Å². The van der Waals surface area contributed by atoms with E-state index in [1.165, 1.54) is 50.9 Å². The summed E-state index contributed by atoms with van der Waals surface area (Å²) in [5.74, 6) is 1.27. The first-order valence-corrected chi connectivity index (χ1v) is 8.92. The minimum absolute atomic E-state index is 0.617. The zero-order chi connectivity index (χ0) is 14.9. The van der Waals surface area contributed by atoms with Crippen molar-refractivity contribution < 1.29 is 0 Å². The summed E-state index contributed by atoms with van der Waals surface area (Å²) >= 11 is 0. The maximum atomic E-state index is 4.96. The minimum Gasteiger partial charge on any atom is -0.310 e. The predicted molar refractivity (Wildman–Crippen MR) is 89.0 cm³/mol. The molecule has 0 bridgehead atoms. The van der Waals surface area contributed by atoms with Gasteiger partial charge in [-0.3, -0.25) is 0 Å². The lowest BCUT2D eigenvalue weighted by Gasteiger charge is -2.24. The van der Waals surface area contributed by atoms with Gasteiger partial charge in [0.2, 0.25) is 0 Å². The first-order valence-electron chi connectivity index (χ1n) is 8.92. The Morgan fingerprint density at radius 1 is 1.18 bits per heavy atom. The third-order valence-corrected chi connectivity index (χ3v) is 5.54. The Morgan fingerprint density at radius 3 is 2.86 bits per heavy atom. The van der Waals surface area contributed by atoms with Gasteiger partial charge in [0.1, 0.15) is 11.3 Å². The van der Waals surface area contributed by atoms with Gasteiger partial charge in [-0.15, -0.1) is 0 Å². The molecular formula is C18H26N4. The van der Waals surface area contributed by atoms with Crippen molar-refractivity contribution in [2.24, 2.45) is 0 Å². The molecule has 1 saturated carbocycles. The van der Waals surface area contributed by atoms with Crippen LogP contribution in [0.3, 0.4) is 0 Å². The third kappa shape index (κ3) is 2.43. The number of hydrogen-bond acceptors (Lipinski definition) is 3. The summed E-state index contributed by atoms with van der Waals surface area (Å²) in [5.41, 5.74) is 2.18. The Balaban J connectivity index is 1.71. The molecule has 1 aliphatic heterocycles. The second-order valence-corrected chi connectivity index (χ2v) is 6.81. The van der Waals surface area contributed by atoms with Gasteiger partial charge in [0.25, 0.3) is 0 Å². The molecule has 4 heteroatoms. The number of aromatic nitrogens is 3. The fourth-order valence-corrected chi connectivity index (χ4v) is 4.42. The van der Waals surface area contributed by atoms with Crippen molar-refractivity contribution in [2.75, 3.05) is 13.1 Å². The predicted octanol–water partition coefficient (Wildman–Crippen LogP) is 3.57. The van der Waals surface area contributed by atoms with Crippen LogP contribution in [0.25, 0.3) is 11.2 Å². The molecule has 2 aromatic heterocycles. The molecule has 2 fully saturated rings. The molecule has 1 unspecified atom stereocenters. The SMILES string of the molecule is CCN1CCCC1Cc1nc2cccnc2n1C1CCCC1. The van der Waals surface area contributed by atoms with Crippen molar-refractivity contribution in [1.82, 2.24) is 19.4 Å². The standard InChI is InChI=1S/C18H26N4/c1-2-21-12-6-9-15(21)13-17-20-16-10-5-11-19-18(16)22(17)14-7-3-4-8-14/h5,10-11,14-15H,2-4,6-9,12-13H2,1H3. The van der Waals surface area contributed by atoms with Crippen LogP contribution < -0.4 is 0 Å². The molecule has 3 heterocycles. The first kappa shape index (κ1) is 14.2. The van der Waals surface area contributed by atoms with Gasteiger partial charge in [0.15, 0.2) is 5.65 Å². The van der Waals surface area contributed by atoms with Crippen molar-refractivity contribution >= 4 is 11.2 Å². The summed E-state index contributed by atoms with van der Waals surface area (Å²) < 4.78 is 2.48. The summed E-state index contributed by atoms with van der Waals surface area (Å²) in [6, 6.07) is 5.41. The van der Waals surface area contributed by atoms with E-state index in [1.54, 1.807) is 0 Å². The number of rotatable bonds is 4. The smallest absolute Gasteiger partial charge is 0.160 e. The van der Waals surface area contributed by atoms with Crippen molar-refractivity contribution in [2.45, 2.75) is 64.0 Å². The summed E-state index contributed by atoms with van der Waals surface area (Å²) in [6.45, 7) is 4.69. The first-order chi connectivity index (χ1) is 10.9. The number of fused-ring (bicyclic) bond motifs is 1. The molecule has 4 rings (SSSR count). The molecule has 22 heavy (non-hydrogen) atoms. The molecule has 0 spiro atoms. The Morgan fingerprint density at radius 2 is 2.05 bits per heavy atom. The fourth-order valence-electron chi connectivity index (χ4n) is 4.42. The van der Waals surface area contributed by atoms with Crippen LogP contribution in [0.5, 0.6) is 0 Å². The second kappa shape index (κ2) is 5.99. The maximum Gasteiger partial charge on any atom is 0.160 e. The molecule has 0 amide bonds. The van der Waals surface area contributed by atoms with Crippen molar-refractivity contribution in [3.05, 3.63) is 24.2 Å². The summed E-state index contributed by atoms with van der Waals surface area (Å²) in [7, 11) is 0. The number of pyridine rings is 1. The van der Waals surface area contributed by atoms with Gasteiger partial charge in [-0.25, -0.2) is 9.97 Å². The third-order valence-electron chi connectivity index (χ3n) is 5.54. The lowest BCUT2D eigenvalue weighted by atomic mass is 10.1. The topological polar surface area (TPSA) is 34.0 Å². The fraction of sp³-hybridized carbons (Fsp3) is 0.667. The summed E-state index contributed by atoms with van der Waals surface area (Å²) in [4.78, 5) is 12.2. The zero-order valence-electron chi connectivity index (χ0n) is 13.5. The molecular weight excluding hydrogens is 272 g/mol. The molecule has 4 nitrogen and oxygen atoms in total. The van der Waals surface area contributed by atoms with Crippen molar-refractivity contribution in [3.63, 3.8) is 0 Å². The molecule has 1 aliphatic carbocycles. The van der Waals surface area contributed by atoms with Gasteiger partial charge in [0, 0.05) is 24.7 Å². The number of likely N-dealkylation sites (N-methyl/N-ethyl adjacent to an activating group) is 1. The summed E-state index contributed by atoms with van der Waals surface area (Å²) in [6.07, 6.45) is 10.9. The van der Waals surface area contributed by atoms with E-state index in [4.69, 9.17) is 4.98 Å². The van der Waals surface area contributed by atoms with E-state index in [-0.39, 0.29) is 0 Å².